The molecule has 2 N–H and O–H groups in total. The highest BCUT2D eigenvalue weighted by atomic mass is 19.1. The normalized spacial score (nSPS) is 10.7. The van der Waals surface area contributed by atoms with Crippen LogP contribution in [0, 0.1) is 5.82 Å². The smallest absolute Gasteiger partial charge is 0.284 e. The maximum absolute atomic E-state index is 13.3. The van der Waals surface area contributed by atoms with Crippen molar-refractivity contribution in [3.63, 3.8) is 0 Å². The van der Waals surface area contributed by atoms with E-state index in [0.29, 0.717) is 5.56 Å². The quantitative estimate of drug-likeness (QED) is 0.766. The average molecular weight is 277 g/mol. The van der Waals surface area contributed by atoms with Gasteiger partial charge >= 0.3 is 0 Å². The van der Waals surface area contributed by atoms with E-state index >= 15 is 0 Å². The van der Waals surface area contributed by atoms with Crippen molar-refractivity contribution in [3.8, 4) is 28.7 Å². The zero-order chi connectivity index (χ0) is 14.1. The van der Waals surface area contributed by atoms with Crippen LogP contribution in [0.3, 0.4) is 0 Å². The lowest BCUT2D eigenvalue weighted by Crippen LogP contribution is -1.90. The molecule has 0 fully saturated rings. The second-order valence-corrected chi connectivity index (χ2v) is 3.77. The second-order valence-electron chi connectivity index (χ2n) is 3.77. The number of methoxy groups -OCH3 is 1. The highest BCUT2D eigenvalue weighted by molar-refractivity contribution is 5.64. The minimum absolute atomic E-state index is 0.0388. The monoisotopic (exact) mass is 277 g/mol. The summed E-state index contributed by atoms with van der Waals surface area (Å²) < 4.78 is 27.7. The minimum Gasteiger partial charge on any atom is -0.494 e. The Kier molecular flexibility index (Phi) is 2.78. The van der Waals surface area contributed by atoms with Crippen molar-refractivity contribution in [3.05, 3.63) is 24.0 Å². The molecule has 3 aromatic rings. The first-order valence-corrected chi connectivity index (χ1v) is 5.45. The van der Waals surface area contributed by atoms with Crippen LogP contribution in [0.4, 0.5) is 10.2 Å². The zero-order valence-electron chi connectivity index (χ0n) is 10.2. The summed E-state index contributed by atoms with van der Waals surface area (Å²) in [5, 5.41) is 10.7. The molecule has 0 aliphatic heterocycles. The number of benzene rings is 1. The van der Waals surface area contributed by atoms with Gasteiger partial charge in [0.2, 0.25) is 17.3 Å². The first kappa shape index (κ1) is 12.1. The summed E-state index contributed by atoms with van der Waals surface area (Å²) in [4.78, 5) is 4.09. The van der Waals surface area contributed by atoms with Crippen LogP contribution >= 0.6 is 0 Å². The minimum atomic E-state index is -0.482. The van der Waals surface area contributed by atoms with Gasteiger partial charge in [-0.1, -0.05) is 5.16 Å². The standard InChI is InChI=1S/C11H8FN5O3/c1-18-7-4-5(2-3-6(7)12)10-14-11(19-17-10)8-9(13)16-20-15-8/h2-4H,1H3,(H2,13,16). The van der Waals surface area contributed by atoms with E-state index < -0.39 is 5.82 Å². The Bertz CT molecular complexity index is 754. The SMILES string of the molecule is COc1cc(-c2noc(-c3nonc3N)n2)ccc1F. The molecule has 102 valence electrons. The lowest BCUT2D eigenvalue weighted by Gasteiger charge is -2.02. The predicted octanol–water partition coefficient (Wildman–Crippen LogP) is 1.52. The number of nitrogens with zero attached hydrogens (tertiary/aromatic N) is 4. The number of ether oxygens (including phenoxy) is 1. The van der Waals surface area contributed by atoms with Gasteiger partial charge in [-0.25, -0.2) is 9.02 Å². The number of hydrogen-bond acceptors (Lipinski definition) is 8. The van der Waals surface area contributed by atoms with Gasteiger partial charge in [0.25, 0.3) is 5.89 Å². The second kappa shape index (κ2) is 4.61. The molecule has 2 aromatic heterocycles. The van der Waals surface area contributed by atoms with Gasteiger partial charge in [0.05, 0.1) is 7.11 Å². The number of aromatic nitrogens is 4. The number of nitrogen functional groups attached to an aromatic ring is 1. The molecule has 0 amide bonds. The highest BCUT2D eigenvalue weighted by Crippen LogP contribution is 2.27. The Hall–Kier alpha value is -2.97. The molecule has 8 nitrogen and oxygen atoms in total. The molecule has 2 heterocycles. The largest absolute Gasteiger partial charge is 0.494 e. The third kappa shape index (κ3) is 1.94. The van der Waals surface area contributed by atoms with E-state index in [1.54, 1.807) is 0 Å². The van der Waals surface area contributed by atoms with Gasteiger partial charge < -0.3 is 15.0 Å². The van der Waals surface area contributed by atoms with Crippen LogP contribution in [-0.4, -0.2) is 27.6 Å². The Balaban J connectivity index is 2.00. The van der Waals surface area contributed by atoms with Crippen molar-refractivity contribution in [2.45, 2.75) is 0 Å². The summed E-state index contributed by atoms with van der Waals surface area (Å²) in [6, 6.07) is 4.20. The van der Waals surface area contributed by atoms with Gasteiger partial charge in [-0.15, -0.1) is 0 Å². The van der Waals surface area contributed by atoms with Gasteiger partial charge in [0.1, 0.15) is 0 Å². The molecule has 0 atom stereocenters. The molecule has 0 unspecified atom stereocenters. The van der Waals surface area contributed by atoms with E-state index in [1.807, 2.05) is 0 Å². The van der Waals surface area contributed by atoms with E-state index in [1.165, 1.54) is 25.3 Å². The van der Waals surface area contributed by atoms with Crippen LogP contribution < -0.4 is 10.5 Å². The zero-order valence-corrected chi connectivity index (χ0v) is 10.2. The van der Waals surface area contributed by atoms with E-state index in [9.17, 15) is 4.39 Å². The summed E-state index contributed by atoms with van der Waals surface area (Å²) >= 11 is 0. The summed E-state index contributed by atoms with van der Waals surface area (Å²) in [6.45, 7) is 0. The maximum Gasteiger partial charge on any atom is 0.284 e. The first-order valence-electron chi connectivity index (χ1n) is 5.45. The highest BCUT2D eigenvalue weighted by Gasteiger charge is 2.18. The van der Waals surface area contributed by atoms with Gasteiger partial charge in [0.15, 0.2) is 11.6 Å². The fourth-order valence-corrected chi connectivity index (χ4v) is 1.58. The van der Waals surface area contributed by atoms with Gasteiger partial charge in [-0.05, 0) is 28.5 Å². The van der Waals surface area contributed by atoms with Gasteiger partial charge in [-0.3, -0.25) is 0 Å². The number of halogens is 1. The van der Waals surface area contributed by atoms with E-state index in [-0.39, 0.29) is 29.0 Å². The molecular formula is C11H8FN5O3. The fourth-order valence-electron chi connectivity index (χ4n) is 1.58. The van der Waals surface area contributed by atoms with Crippen molar-refractivity contribution < 1.29 is 18.3 Å². The molecule has 0 aliphatic carbocycles. The molecule has 0 saturated carbocycles. The Morgan fingerprint density at radius 2 is 2.10 bits per heavy atom. The molecule has 0 spiro atoms. The van der Waals surface area contributed by atoms with Crippen molar-refractivity contribution in [1.29, 1.82) is 0 Å². The molecule has 20 heavy (non-hydrogen) atoms. The number of nitrogens with two attached hydrogens (primary N) is 1. The predicted molar refractivity (Wildman–Crippen MR) is 63.9 cm³/mol. The van der Waals surface area contributed by atoms with Crippen LogP contribution in [0.5, 0.6) is 5.75 Å². The lowest BCUT2D eigenvalue weighted by atomic mass is 10.2. The Morgan fingerprint density at radius 1 is 1.25 bits per heavy atom. The lowest BCUT2D eigenvalue weighted by molar-refractivity contribution is 0.308. The molecular weight excluding hydrogens is 269 g/mol. The van der Waals surface area contributed by atoms with Crippen molar-refractivity contribution in [1.82, 2.24) is 20.5 Å². The molecule has 0 bridgehead atoms. The van der Waals surface area contributed by atoms with E-state index in [0.717, 1.165) is 0 Å². The van der Waals surface area contributed by atoms with Crippen LogP contribution in [0.2, 0.25) is 0 Å². The van der Waals surface area contributed by atoms with Crippen LogP contribution in [0.15, 0.2) is 27.4 Å². The van der Waals surface area contributed by atoms with Crippen LogP contribution in [0.25, 0.3) is 23.0 Å². The number of rotatable bonds is 3. The molecule has 0 radical (unpaired) electrons. The van der Waals surface area contributed by atoms with Crippen molar-refractivity contribution >= 4 is 5.82 Å². The first-order chi connectivity index (χ1) is 9.69. The third-order valence-corrected chi connectivity index (χ3v) is 2.55. The van der Waals surface area contributed by atoms with Crippen LogP contribution in [-0.2, 0) is 0 Å². The van der Waals surface area contributed by atoms with Crippen molar-refractivity contribution in [2.24, 2.45) is 0 Å². The number of hydrogen-bond donors (Lipinski definition) is 1. The summed E-state index contributed by atoms with van der Waals surface area (Å²) in [7, 11) is 1.37. The van der Waals surface area contributed by atoms with Crippen molar-refractivity contribution in [2.75, 3.05) is 12.8 Å². The van der Waals surface area contributed by atoms with E-state index in [4.69, 9.17) is 15.0 Å². The molecule has 0 saturated heterocycles. The topological polar surface area (TPSA) is 113 Å². The Labute approximate surface area is 111 Å². The average Bonchev–Trinajstić information content (AvgIpc) is 3.08. The Morgan fingerprint density at radius 3 is 2.80 bits per heavy atom. The van der Waals surface area contributed by atoms with Gasteiger partial charge in [-0.2, -0.15) is 4.98 Å². The third-order valence-electron chi connectivity index (χ3n) is 2.55. The van der Waals surface area contributed by atoms with Gasteiger partial charge in [0, 0.05) is 5.56 Å². The molecule has 3 rings (SSSR count). The van der Waals surface area contributed by atoms with Crippen LogP contribution in [0.1, 0.15) is 0 Å². The van der Waals surface area contributed by atoms with E-state index in [2.05, 4.69) is 25.1 Å². The number of anilines is 1. The maximum atomic E-state index is 13.3. The summed E-state index contributed by atoms with van der Waals surface area (Å²) in [6.07, 6.45) is 0. The fraction of sp³-hybridized carbons (Fsp3) is 0.0909. The molecule has 1 aromatic carbocycles. The summed E-state index contributed by atoms with van der Waals surface area (Å²) in [5.74, 6) is -0.0685. The molecule has 9 heteroatoms. The molecule has 0 aliphatic rings. The summed E-state index contributed by atoms with van der Waals surface area (Å²) in [5.41, 5.74) is 6.19.